The van der Waals surface area contributed by atoms with Gasteiger partial charge in [0.2, 0.25) is 5.91 Å². The summed E-state index contributed by atoms with van der Waals surface area (Å²) in [6, 6.07) is 15.2. The van der Waals surface area contributed by atoms with E-state index in [0.29, 0.717) is 49.5 Å². The van der Waals surface area contributed by atoms with Crippen molar-refractivity contribution in [2.45, 2.75) is 32.4 Å². The lowest BCUT2D eigenvalue weighted by atomic mass is 10.0. The van der Waals surface area contributed by atoms with Gasteiger partial charge in [0, 0.05) is 24.0 Å². The summed E-state index contributed by atoms with van der Waals surface area (Å²) in [7, 11) is 1.61. The lowest BCUT2D eigenvalue weighted by Gasteiger charge is -2.27. The molecule has 2 aromatic heterocycles. The number of urea groups is 1. The molecule has 0 saturated carbocycles. The molecule has 0 unspecified atom stereocenters. The molecule has 4 rings (SSSR count). The number of aromatic nitrogens is 1. The summed E-state index contributed by atoms with van der Waals surface area (Å²) in [4.78, 5) is 32.1. The minimum absolute atomic E-state index is 0.150. The van der Waals surface area contributed by atoms with Crippen LogP contribution in [0, 0.1) is 11.3 Å². The first kappa shape index (κ1) is 23.3. The second-order valence-corrected chi connectivity index (χ2v) is 8.98. The molecule has 174 valence electrons. The van der Waals surface area contributed by atoms with Crippen LogP contribution in [-0.4, -0.2) is 35.5 Å². The van der Waals surface area contributed by atoms with E-state index < -0.39 is 0 Å². The van der Waals surface area contributed by atoms with Crippen LogP contribution in [0.15, 0.2) is 48.7 Å². The van der Waals surface area contributed by atoms with Crippen molar-refractivity contribution in [1.82, 2.24) is 15.2 Å². The van der Waals surface area contributed by atoms with E-state index in [9.17, 15) is 14.9 Å². The number of ether oxygens (including phenoxy) is 1. The van der Waals surface area contributed by atoms with Gasteiger partial charge in [0.05, 0.1) is 31.5 Å². The minimum atomic E-state index is -0.174. The van der Waals surface area contributed by atoms with Crippen LogP contribution in [0.25, 0.3) is 0 Å². The van der Waals surface area contributed by atoms with E-state index in [2.05, 4.69) is 21.7 Å². The summed E-state index contributed by atoms with van der Waals surface area (Å²) in [6.07, 6.45) is 3.13. The van der Waals surface area contributed by atoms with Gasteiger partial charge in [0.15, 0.2) is 0 Å². The zero-order valence-corrected chi connectivity index (χ0v) is 19.7. The summed E-state index contributed by atoms with van der Waals surface area (Å²) in [5.74, 6) is 0.604. The quantitative estimate of drug-likeness (QED) is 0.540. The molecule has 3 amide bonds. The van der Waals surface area contributed by atoms with Crippen LogP contribution < -0.4 is 15.4 Å². The highest BCUT2D eigenvalue weighted by molar-refractivity contribution is 7.16. The fraction of sp³-hybridized carbons (Fsp3) is 0.280. The van der Waals surface area contributed by atoms with Crippen molar-refractivity contribution in [3.63, 3.8) is 0 Å². The summed E-state index contributed by atoms with van der Waals surface area (Å²) >= 11 is 1.37. The molecule has 0 bridgehead atoms. The molecule has 2 N–H and O–H groups in total. The van der Waals surface area contributed by atoms with Crippen LogP contribution in [-0.2, 0) is 30.7 Å². The number of carbonyl (C=O) groups is 2. The third-order valence-electron chi connectivity index (χ3n) is 5.63. The number of benzene rings is 1. The number of methoxy groups -OCH3 is 1. The van der Waals surface area contributed by atoms with E-state index >= 15 is 0 Å². The average molecular weight is 476 g/mol. The van der Waals surface area contributed by atoms with E-state index in [1.807, 2.05) is 42.5 Å². The summed E-state index contributed by atoms with van der Waals surface area (Å²) < 4.78 is 5.23. The average Bonchev–Trinajstić information content (AvgIpc) is 3.22. The Morgan fingerprint density at radius 2 is 2.15 bits per heavy atom. The van der Waals surface area contributed by atoms with Gasteiger partial charge in [-0.25, -0.2) is 4.79 Å². The highest BCUT2D eigenvalue weighted by Crippen LogP contribution is 2.36. The van der Waals surface area contributed by atoms with Crippen molar-refractivity contribution in [2.75, 3.05) is 19.0 Å². The molecule has 1 aromatic carbocycles. The summed E-state index contributed by atoms with van der Waals surface area (Å²) in [6.45, 7) is 1.27. The number of pyridine rings is 1. The van der Waals surface area contributed by atoms with Gasteiger partial charge in [-0.05, 0) is 48.2 Å². The molecular weight excluding hydrogens is 450 g/mol. The topological polar surface area (TPSA) is 107 Å². The lowest BCUT2D eigenvalue weighted by molar-refractivity contribution is -0.116. The van der Waals surface area contributed by atoms with Gasteiger partial charge in [-0.3, -0.25) is 9.78 Å². The number of nitrogens with one attached hydrogen (secondary N) is 2. The number of carbonyl (C=O) groups excluding carboxylic acids is 2. The Balaban J connectivity index is 1.36. The van der Waals surface area contributed by atoms with Gasteiger partial charge in [-0.2, -0.15) is 5.26 Å². The maximum absolute atomic E-state index is 12.6. The van der Waals surface area contributed by atoms with Crippen molar-refractivity contribution < 1.29 is 14.3 Å². The van der Waals surface area contributed by atoms with E-state index in [-0.39, 0.29) is 11.9 Å². The molecule has 34 heavy (non-hydrogen) atoms. The van der Waals surface area contributed by atoms with Crippen molar-refractivity contribution in [2.24, 2.45) is 0 Å². The molecule has 1 aliphatic heterocycles. The van der Waals surface area contributed by atoms with Gasteiger partial charge in [-0.1, -0.05) is 18.2 Å². The maximum Gasteiger partial charge on any atom is 0.318 e. The normalized spacial score (nSPS) is 12.4. The van der Waals surface area contributed by atoms with E-state index in [1.54, 1.807) is 18.2 Å². The Morgan fingerprint density at radius 3 is 2.91 bits per heavy atom. The molecule has 0 saturated heterocycles. The predicted molar refractivity (Wildman–Crippen MR) is 130 cm³/mol. The number of fused-ring (bicyclic) bond motifs is 1. The molecule has 0 radical (unpaired) electrons. The Morgan fingerprint density at radius 1 is 1.26 bits per heavy atom. The largest absolute Gasteiger partial charge is 0.497 e. The van der Waals surface area contributed by atoms with Crippen LogP contribution in [0.5, 0.6) is 5.75 Å². The third kappa shape index (κ3) is 5.53. The van der Waals surface area contributed by atoms with Crippen molar-refractivity contribution in [3.8, 4) is 11.8 Å². The zero-order valence-electron chi connectivity index (χ0n) is 18.8. The van der Waals surface area contributed by atoms with Gasteiger partial charge in [-0.15, -0.1) is 11.3 Å². The molecule has 1 aliphatic rings. The van der Waals surface area contributed by atoms with Gasteiger partial charge >= 0.3 is 6.03 Å². The number of anilines is 1. The molecule has 0 fully saturated rings. The minimum Gasteiger partial charge on any atom is -0.497 e. The van der Waals surface area contributed by atoms with E-state index in [1.165, 1.54) is 11.3 Å². The van der Waals surface area contributed by atoms with Crippen molar-refractivity contribution >= 4 is 28.3 Å². The van der Waals surface area contributed by atoms with Gasteiger partial charge in [0.1, 0.15) is 16.8 Å². The summed E-state index contributed by atoms with van der Waals surface area (Å²) in [5.41, 5.74) is 3.22. The number of thiophene rings is 1. The van der Waals surface area contributed by atoms with Crippen molar-refractivity contribution in [3.05, 3.63) is 75.9 Å². The molecule has 3 heterocycles. The van der Waals surface area contributed by atoms with Gasteiger partial charge in [0.25, 0.3) is 0 Å². The molecule has 0 aliphatic carbocycles. The molecule has 9 heteroatoms. The predicted octanol–water partition coefficient (Wildman–Crippen LogP) is 3.86. The maximum atomic E-state index is 12.6. The molecule has 8 nitrogen and oxygen atoms in total. The summed E-state index contributed by atoms with van der Waals surface area (Å²) in [5, 5.41) is 16.1. The monoisotopic (exact) mass is 475 g/mol. The van der Waals surface area contributed by atoms with Crippen LogP contribution in [0.1, 0.15) is 33.7 Å². The van der Waals surface area contributed by atoms with E-state index in [4.69, 9.17) is 4.74 Å². The Labute approximate surface area is 202 Å². The number of nitrogens with zero attached hydrogens (tertiary/aromatic N) is 3. The van der Waals surface area contributed by atoms with Crippen LogP contribution in [0.2, 0.25) is 0 Å². The number of amides is 3. The Hall–Kier alpha value is -3.90. The number of rotatable bonds is 7. The lowest BCUT2D eigenvalue weighted by Crippen LogP contribution is -2.42. The smallest absolute Gasteiger partial charge is 0.318 e. The number of hydrogen-bond donors (Lipinski definition) is 2. The molecule has 0 spiro atoms. The fourth-order valence-corrected chi connectivity index (χ4v) is 5.07. The molecule has 0 atom stereocenters. The Bertz CT molecular complexity index is 1220. The Kier molecular flexibility index (Phi) is 7.40. The van der Waals surface area contributed by atoms with Crippen molar-refractivity contribution in [1.29, 1.82) is 5.26 Å². The second-order valence-electron chi connectivity index (χ2n) is 7.87. The molecule has 3 aromatic rings. The van der Waals surface area contributed by atoms with E-state index in [0.717, 1.165) is 27.4 Å². The number of aryl methyl sites for hydroxylation is 1. The van der Waals surface area contributed by atoms with Crippen LogP contribution in [0.4, 0.5) is 9.80 Å². The highest BCUT2D eigenvalue weighted by Gasteiger charge is 2.27. The molecular formula is C25H25N5O3S. The van der Waals surface area contributed by atoms with Crippen LogP contribution in [0.3, 0.4) is 0 Å². The number of nitriles is 1. The van der Waals surface area contributed by atoms with Crippen LogP contribution >= 0.6 is 11.3 Å². The van der Waals surface area contributed by atoms with Gasteiger partial charge < -0.3 is 20.3 Å². The number of hydrogen-bond acceptors (Lipinski definition) is 6. The fourth-order valence-electron chi connectivity index (χ4n) is 3.84. The third-order valence-corrected chi connectivity index (χ3v) is 6.76. The first-order valence-electron chi connectivity index (χ1n) is 11.0. The SMILES string of the molecule is COc1cccc(CCC(=O)Nc2sc3c(c2C#N)CCN(C(=O)NCc2ccccn2)C3)c1. The second kappa shape index (κ2) is 10.8. The zero-order chi connectivity index (χ0) is 23.9. The standard InChI is InChI=1S/C25H25N5O3S/c1-33-19-7-4-5-17(13-19)8-9-23(31)29-24-21(14-26)20-10-12-30(16-22(20)34-24)25(32)28-15-18-6-2-3-11-27-18/h2-7,11,13H,8-10,12,15-16H2,1H3,(H,28,32)(H,29,31). The first-order chi connectivity index (χ1) is 16.6. The first-order valence-corrected chi connectivity index (χ1v) is 11.8. The highest BCUT2D eigenvalue weighted by atomic mass is 32.1.